The van der Waals surface area contributed by atoms with Crippen molar-refractivity contribution in [2.75, 3.05) is 32.3 Å². The van der Waals surface area contributed by atoms with Crippen LogP contribution in [0.3, 0.4) is 0 Å². The summed E-state index contributed by atoms with van der Waals surface area (Å²) >= 11 is 6.18. The zero-order valence-electron chi connectivity index (χ0n) is 17.1. The first kappa shape index (κ1) is 22.8. The number of carbonyl (C=O) groups excluding carboxylic acids is 3. The van der Waals surface area contributed by atoms with Crippen molar-refractivity contribution >= 4 is 35.1 Å². The maximum absolute atomic E-state index is 12.5. The van der Waals surface area contributed by atoms with E-state index < -0.39 is 11.9 Å². The van der Waals surface area contributed by atoms with E-state index in [-0.39, 0.29) is 37.4 Å². The number of methoxy groups -OCH3 is 2. The molecule has 0 unspecified atom stereocenters. The van der Waals surface area contributed by atoms with Gasteiger partial charge in [-0.25, -0.2) is 0 Å². The molecule has 0 radical (unpaired) electrons. The maximum Gasteiger partial charge on any atom is 0.311 e. The SMILES string of the molecule is CCC(CC)NC(=O)COC(=O)[C@H]1CC(=O)N(c2cc(Cl)c(OC)cc2OC)C1. The van der Waals surface area contributed by atoms with E-state index in [9.17, 15) is 14.4 Å². The molecule has 1 heterocycles. The monoisotopic (exact) mass is 426 g/mol. The number of ether oxygens (including phenoxy) is 3. The minimum absolute atomic E-state index is 0.0141. The Balaban J connectivity index is 2.02. The highest BCUT2D eigenvalue weighted by Crippen LogP contribution is 2.40. The molecule has 1 saturated heterocycles. The fourth-order valence-electron chi connectivity index (χ4n) is 3.17. The van der Waals surface area contributed by atoms with Gasteiger partial charge in [-0.2, -0.15) is 0 Å². The van der Waals surface area contributed by atoms with E-state index in [0.717, 1.165) is 12.8 Å². The average Bonchev–Trinajstić information content (AvgIpc) is 3.11. The van der Waals surface area contributed by atoms with Gasteiger partial charge in [0.2, 0.25) is 5.91 Å². The zero-order chi connectivity index (χ0) is 21.6. The third-order valence-corrected chi connectivity index (χ3v) is 5.19. The van der Waals surface area contributed by atoms with E-state index in [4.69, 9.17) is 25.8 Å². The summed E-state index contributed by atoms with van der Waals surface area (Å²) in [6, 6.07) is 3.20. The number of esters is 1. The van der Waals surface area contributed by atoms with Gasteiger partial charge in [-0.05, 0) is 18.9 Å². The first-order valence-electron chi connectivity index (χ1n) is 9.52. The number of hydrogen-bond acceptors (Lipinski definition) is 6. The molecule has 9 heteroatoms. The van der Waals surface area contributed by atoms with E-state index in [2.05, 4.69) is 5.32 Å². The number of nitrogens with one attached hydrogen (secondary N) is 1. The van der Waals surface area contributed by atoms with Crippen molar-refractivity contribution in [1.29, 1.82) is 0 Å². The molecule has 2 rings (SSSR count). The van der Waals surface area contributed by atoms with Crippen LogP contribution in [0.25, 0.3) is 0 Å². The second-order valence-corrected chi connectivity index (χ2v) is 7.16. The quantitative estimate of drug-likeness (QED) is 0.610. The summed E-state index contributed by atoms with van der Waals surface area (Å²) in [5.41, 5.74) is 0.449. The van der Waals surface area contributed by atoms with Crippen LogP contribution < -0.4 is 19.7 Å². The van der Waals surface area contributed by atoms with Gasteiger partial charge in [-0.3, -0.25) is 14.4 Å². The van der Waals surface area contributed by atoms with Gasteiger partial charge in [0.05, 0.1) is 30.8 Å². The van der Waals surface area contributed by atoms with Crippen molar-refractivity contribution in [3.05, 3.63) is 17.2 Å². The lowest BCUT2D eigenvalue weighted by molar-refractivity contribution is -0.152. The standard InChI is InChI=1S/C20H27ClN2O6/c1-5-13(6-2)22-18(24)11-29-20(26)12-7-19(25)23(10-12)15-8-14(21)16(27-3)9-17(15)28-4/h8-9,12-13H,5-7,10-11H2,1-4H3,(H,22,24)/t12-/m0/s1. The minimum atomic E-state index is -0.672. The molecule has 160 valence electrons. The number of rotatable bonds is 9. The van der Waals surface area contributed by atoms with Crippen LogP contribution in [0.2, 0.25) is 5.02 Å². The van der Waals surface area contributed by atoms with Crippen LogP contribution in [-0.4, -0.2) is 51.2 Å². The molecule has 1 fully saturated rings. The highest BCUT2D eigenvalue weighted by Gasteiger charge is 2.38. The van der Waals surface area contributed by atoms with E-state index in [1.807, 2.05) is 13.8 Å². The van der Waals surface area contributed by atoms with Crippen molar-refractivity contribution in [1.82, 2.24) is 5.32 Å². The van der Waals surface area contributed by atoms with Crippen molar-refractivity contribution < 1.29 is 28.6 Å². The third kappa shape index (κ3) is 5.53. The molecule has 1 aromatic rings. The molecule has 8 nitrogen and oxygen atoms in total. The van der Waals surface area contributed by atoms with Gasteiger partial charge in [0.25, 0.3) is 5.91 Å². The smallest absolute Gasteiger partial charge is 0.311 e. The number of carbonyl (C=O) groups is 3. The normalized spacial score (nSPS) is 16.1. The molecule has 0 aliphatic carbocycles. The number of anilines is 1. The number of nitrogens with zero attached hydrogens (tertiary/aromatic N) is 1. The van der Waals surface area contributed by atoms with E-state index in [1.54, 1.807) is 12.1 Å². The summed E-state index contributed by atoms with van der Waals surface area (Å²) in [6.45, 7) is 3.69. The molecule has 1 atom stereocenters. The van der Waals surface area contributed by atoms with Gasteiger partial charge >= 0.3 is 5.97 Å². The molecule has 0 spiro atoms. The second-order valence-electron chi connectivity index (χ2n) is 6.75. The van der Waals surface area contributed by atoms with Gasteiger partial charge in [-0.15, -0.1) is 0 Å². The molecule has 1 N–H and O–H groups in total. The number of halogens is 1. The third-order valence-electron chi connectivity index (χ3n) is 4.90. The van der Waals surface area contributed by atoms with Crippen LogP contribution in [0.4, 0.5) is 5.69 Å². The van der Waals surface area contributed by atoms with E-state index in [1.165, 1.54) is 19.1 Å². The van der Waals surface area contributed by atoms with Crippen LogP contribution in [0.5, 0.6) is 11.5 Å². The van der Waals surface area contributed by atoms with Crippen molar-refractivity contribution in [2.45, 2.75) is 39.2 Å². The molecule has 0 saturated carbocycles. The Kier molecular flexibility index (Phi) is 8.13. The van der Waals surface area contributed by atoms with Gasteiger partial charge in [0.15, 0.2) is 6.61 Å². The number of amides is 2. The Morgan fingerprint density at radius 3 is 2.45 bits per heavy atom. The number of benzene rings is 1. The molecule has 1 aromatic carbocycles. The fraction of sp³-hybridized carbons (Fsp3) is 0.550. The molecule has 2 amide bonds. The van der Waals surface area contributed by atoms with Gasteiger partial charge in [0, 0.05) is 25.1 Å². The highest BCUT2D eigenvalue weighted by atomic mass is 35.5. The van der Waals surface area contributed by atoms with Crippen LogP contribution in [0, 0.1) is 5.92 Å². The first-order valence-corrected chi connectivity index (χ1v) is 9.90. The molecule has 0 aromatic heterocycles. The summed E-state index contributed by atoms with van der Waals surface area (Å²) < 4.78 is 15.6. The van der Waals surface area contributed by atoms with Crippen LogP contribution >= 0.6 is 11.6 Å². The van der Waals surface area contributed by atoms with Crippen LogP contribution in [0.15, 0.2) is 12.1 Å². The Labute approximate surface area is 175 Å². The summed E-state index contributed by atoms with van der Waals surface area (Å²) in [5, 5.41) is 3.12. The van der Waals surface area contributed by atoms with Crippen LogP contribution in [0.1, 0.15) is 33.1 Å². The van der Waals surface area contributed by atoms with Crippen LogP contribution in [-0.2, 0) is 19.1 Å². The van der Waals surface area contributed by atoms with Crippen molar-refractivity contribution in [3.63, 3.8) is 0 Å². The second kappa shape index (κ2) is 10.3. The maximum atomic E-state index is 12.5. The predicted octanol–water partition coefficient (Wildman–Crippen LogP) is 2.56. The Bertz CT molecular complexity index is 766. The topological polar surface area (TPSA) is 94.2 Å². The lowest BCUT2D eigenvalue weighted by atomic mass is 10.1. The minimum Gasteiger partial charge on any atom is -0.495 e. The number of hydrogen-bond donors (Lipinski definition) is 1. The van der Waals surface area contributed by atoms with Gasteiger partial charge in [0.1, 0.15) is 11.5 Å². The Morgan fingerprint density at radius 1 is 1.21 bits per heavy atom. The average molecular weight is 427 g/mol. The van der Waals surface area contributed by atoms with Crippen molar-refractivity contribution in [3.8, 4) is 11.5 Å². The van der Waals surface area contributed by atoms with Gasteiger partial charge in [-0.1, -0.05) is 25.4 Å². The zero-order valence-corrected chi connectivity index (χ0v) is 17.9. The largest absolute Gasteiger partial charge is 0.495 e. The lowest BCUT2D eigenvalue weighted by Gasteiger charge is -2.21. The molecule has 1 aliphatic rings. The summed E-state index contributed by atoms with van der Waals surface area (Å²) in [5.74, 6) is -1.05. The molecule has 29 heavy (non-hydrogen) atoms. The Hall–Kier alpha value is -2.48. The molecular formula is C20H27ClN2O6. The highest BCUT2D eigenvalue weighted by molar-refractivity contribution is 6.32. The molecule has 0 bridgehead atoms. The Morgan fingerprint density at radius 2 is 1.86 bits per heavy atom. The summed E-state index contributed by atoms with van der Waals surface area (Å²) in [6.07, 6.45) is 1.59. The van der Waals surface area contributed by atoms with Gasteiger partial charge < -0.3 is 24.4 Å². The summed E-state index contributed by atoms with van der Waals surface area (Å²) in [7, 11) is 2.95. The lowest BCUT2D eigenvalue weighted by Crippen LogP contribution is -2.37. The van der Waals surface area contributed by atoms with E-state index >= 15 is 0 Å². The first-order chi connectivity index (χ1) is 13.8. The van der Waals surface area contributed by atoms with E-state index in [0.29, 0.717) is 22.2 Å². The van der Waals surface area contributed by atoms with Crippen molar-refractivity contribution in [2.24, 2.45) is 5.92 Å². The molecule has 1 aliphatic heterocycles. The summed E-state index contributed by atoms with van der Waals surface area (Å²) in [4.78, 5) is 38.2. The molecular weight excluding hydrogens is 400 g/mol. The predicted molar refractivity (Wildman–Crippen MR) is 108 cm³/mol. The fourth-order valence-corrected chi connectivity index (χ4v) is 3.41.